The molecule has 4 heteroatoms. The van der Waals surface area contributed by atoms with E-state index in [0.29, 0.717) is 10.9 Å². The van der Waals surface area contributed by atoms with Crippen LogP contribution in [-0.2, 0) is 0 Å². The van der Waals surface area contributed by atoms with Crippen LogP contribution in [0.5, 0.6) is 0 Å². The number of halogens is 1. The lowest BCUT2D eigenvalue weighted by atomic mass is 10.1. The number of benzene rings is 2. The summed E-state index contributed by atoms with van der Waals surface area (Å²) in [6.07, 6.45) is 0. The van der Waals surface area contributed by atoms with Crippen LogP contribution in [0.1, 0.15) is 11.1 Å². The van der Waals surface area contributed by atoms with E-state index in [9.17, 15) is 0 Å². The van der Waals surface area contributed by atoms with Crippen LogP contribution in [-0.4, -0.2) is 11.7 Å². The summed E-state index contributed by atoms with van der Waals surface area (Å²) in [5.41, 5.74) is 8.71. The summed E-state index contributed by atoms with van der Waals surface area (Å²) in [5, 5.41) is 0.667. The van der Waals surface area contributed by atoms with E-state index in [1.165, 1.54) is 0 Å². The summed E-state index contributed by atoms with van der Waals surface area (Å²) in [5.74, 6) is 1.39. The summed E-state index contributed by atoms with van der Waals surface area (Å²) < 4.78 is 0. The quantitative estimate of drug-likeness (QED) is 0.792. The average molecular weight is 257 g/mol. The lowest BCUT2D eigenvalue weighted by molar-refractivity contribution is -0.311. The number of nitrogens with two attached hydrogens (primary N) is 1. The molecular weight excluding hydrogens is 246 g/mol. The van der Waals surface area contributed by atoms with Gasteiger partial charge in [-0.25, -0.2) is 4.99 Å². The number of hydrogen-bond acceptors (Lipinski definition) is 2. The molecule has 1 aliphatic rings. The molecule has 0 fully saturated rings. The van der Waals surface area contributed by atoms with Crippen molar-refractivity contribution < 1.29 is 4.99 Å². The lowest BCUT2D eigenvalue weighted by Gasteiger charge is -1.94. The number of hydrogen-bond donors (Lipinski definition) is 2. The van der Waals surface area contributed by atoms with Crippen LogP contribution in [0.15, 0.2) is 53.5 Å². The predicted octanol–water partition coefficient (Wildman–Crippen LogP) is 1.22. The van der Waals surface area contributed by atoms with E-state index in [2.05, 4.69) is 9.98 Å². The second kappa shape index (κ2) is 4.27. The molecule has 3 N–H and O–H groups in total. The largest absolute Gasteiger partial charge is 0.318 e. The molecule has 88 valence electrons. The molecule has 1 aliphatic heterocycles. The molecule has 0 atom stereocenters. The summed E-state index contributed by atoms with van der Waals surface area (Å²) >= 11 is 5.94. The minimum atomic E-state index is 0.631. The zero-order valence-corrected chi connectivity index (χ0v) is 10.3. The fraction of sp³-hybridized carbons (Fsp3) is 0. The SMILES string of the molecule is NC1=[NH+]C(=Nc2cccc(Cl)c2)c2ccccc21. The van der Waals surface area contributed by atoms with Crippen molar-refractivity contribution in [1.29, 1.82) is 0 Å². The zero-order chi connectivity index (χ0) is 12.5. The van der Waals surface area contributed by atoms with Crippen LogP contribution in [0, 0.1) is 0 Å². The normalized spacial score (nSPS) is 15.6. The van der Waals surface area contributed by atoms with Crippen LogP contribution in [0.25, 0.3) is 0 Å². The Labute approximate surface area is 110 Å². The number of nitrogens with one attached hydrogen (secondary N) is 1. The fourth-order valence-corrected chi connectivity index (χ4v) is 2.13. The smallest absolute Gasteiger partial charge is 0.269 e. The first-order valence-electron chi connectivity index (χ1n) is 5.57. The number of nitrogens with zero attached hydrogens (tertiary/aromatic N) is 1. The molecule has 2 aromatic rings. The molecule has 0 saturated heterocycles. The second-order valence-electron chi connectivity index (χ2n) is 4.02. The maximum Gasteiger partial charge on any atom is 0.269 e. The summed E-state index contributed by atoms with van der Waals surface area (Å²) in [4.78, 5) is 7.62. The summed E-state index contributed by atoms with van der Waals surface area (Å²) in [6, 6.07) is 15.3. The molecule has 3 rings (SSSR count). The van der Waals surface area contributed by atoms with Crippen molar-refractivity contribution in [2.75, 3.05) is 0 Å². The first kappa shape index (κ1) is 11.0. The molecular formula is C14H11ClN3+. The van der Waals surface area contributed by atoms with Crippen molar-refractivity contribution in [2.24, 2.45) is 10.7 Å². The Kier molecular flexibility index (Phi) is 2.61. The Morgan fingerprint density at radius 2 is 1.78 bits per heavy atom. The third kappa shape index (κ3) is 1.89. The van der Waals surface area contributed by atoms with Crippen LogP contribution in [0.3, 0.4) is 0 Å². The van der Waals surface area contributed by atoms with Gasteiger partial charge in [0.1, 0.15) is 5.69 Å². The Morgan fingerprint density at radius 1 is 1.00 bits per heavy atom. The first-order valence-corrected chi connectivity index (χ1v) is 5.95. The standard InChI is InChI=1S/C14H10ClN3/c15-9-4-3-5-10(8-9)17-14-12-7-2-1-6-11(12)13(16)18-14/h1-8H,(H2,16,17,18)/p+1. The van der Waals surface area contributed by atoms with E-state index < -0.39 is 0 Å². The molecule has 0 spiro atoms. The van der Waals surface area contributed by atoms with E-state index >= 15 is 0 Å². The monoisotopic (exact) mass is 256 g/mol. The third-order valence-electron chi connectivity index (χ3n) is 2.77. The van der Waals surface area contributed by atoms with Gasteiger partial charge >= 0.3 is 0 Å². The fourth-order valence-electron chi connectivity index (χ4n) is 1.95. The molecule has 0 saturated carbocycles. The maximum absolute atomic E-state index is 5.94. The van der Waals surface area contributed by atoms with Gasteiger partial charge in [0, 0.05) is 5.02 Å². The van der Waals surface area contributed by atoms with Gasteiger partial charge < -0.3 is 5.73 Å². The van der Waals surface area contributed by atoms with Gasteiger partial charge in [-0.2, -0.15) is 0 Å². The first-order chi connectivity index (χ1) is 8.74. The highest BCUT2D eigenvalue weighted by atomic mass is 35.5. The number of nitrogen functional groups attached to an aromatic ring is 1. The van der Waals surface area contributed by atoms with Gasteiger partial charge in [-0.15, -0.1) is 4.99 Å². The van der Waals surface area contributed by atoms with Gasteiger partial charge in [0.2, 0.25) is 5.84 Å². The topological polar surface area (TPSA) is 52.4 Å². The minimum absolute atomic E-state index is 0.631. The molecule has 2 aromatic carbocycles. The number of aliphatic imine (C=N–C) groups is 1. The number of amidine groups is 2. The van der Waals surface area contributed by atoms with Crippen molar-refractivity contribution in [1.82, 2.24) is 0 Å². The van der Waals surface area contributed by atoms with E-state index in [0.717, 1.165) is 22.6 Å². The molecule has 3 nitrogen and oxygen atoms in total. The molecule has 1 heterocycles. The molecule has 0 amide bonds. The van der Waals surface area contributed by atoms with Gasteiger partial charge in [0.25, 0.3) is 5.84 Å². The van der Waals surface area contributed by atoms with Crippen LogP contribution in [0.2, 0.25) is 5.02 Å². The van der Waals surface area contributed by atoms with Crippen molar-refractivity contribution in [3.05, 3.63) is 64.7 Å². The highest BCUT2D eigenvalue weighted by Crippen LogP contribution is 2.19. The van der Waals surface area contributed by atoms with Gasteiger partial charge in [-0.3, -0.25) is 0 Å². The van der Waals surface area contributed by atoms with Gasteiger partial charge in [-0.1, -0.05) is 29.8 Å². The Hall–Kier alpha value is -2.13. The molecule has 0 unspecified atom stereocenters. The van der Waals surface area contributed by atoms with E-state index in [4.69, 9.17) is 17.3 Å². The van der Waals surface area contributed by atoms with Gasteiger partial charge in [-0.05, 0) is 30.3 Å². The predicted molar refractivity (Wildman–Crippen MR) is 73.4 cm³/mol. The number of fused-ring (bicyclic) bond motifs is 1. The lowest BCUT2D eigenvalue weighted by Crippen LogP contribution is -2.76. The van der Waals surface area contributed by atoms with E-state index in [-0.39, 0.29) is 0 Å². The molecule has 0 aliphatic carbocycles. The van der Waals surface area contributed by atoms with Crippen molar-refractivity contribution >= 4 is 29.0 Å². The highest BCUT2D eigenvalue weighted by molar-refractivity contribution is 6.30. The van der Waals surface area contributed by atoms with Crippen LogP contribution >= 0.6 is 11.6 Å². The van der Waals surface area contributed by atoms with Crippen molar-refractivity contribution in [2.45, 2.75) is 0 Å². The Bertz CT molecular complexity index is 674. The van der Waals surface area contributed by atoms with Gasteiger partial charge in [0.15, 0.2) is 0 Å². The second-order valence-corrected chi connectivity index (χ2v) is 4.46. The highest BCUT2D eigenvalue weighted by Gasteiger charge is 2.23. The van der Waals surface area contributed by atoms with Crippen molar-refractivity contribution in [3.63, 3.8) is 0 Å². The maximum atomic E-state index is 5.94. The number of rotatable bonds is 1. The van der Waals surface area contributed by atoms with Crippen molar-refractivity contribution in [3.8, 4) is 0 Å². The van der Waals surface area contributed by atoms with E-state index in [1.807, 2.05) is 48.5 Å². The third-order valence-corrected chi connectivity index (χ3v) is 3.01. The summed E-state index contributed by atoms with van der Waals surface area (Å²) in [6.45, 7) is 0. The molecule has 0 bridgehead atoms. The average Bonchev–Trinajstić information content (AvgIpc) is 2.67. The van der Waals surface area contributed by atoms with Crippen LogP contribution < -0.4 is 10.7 Å². The van der Waals surface area contributed by atoms with Gasteiger partial charge in [0.05, 0.1) is 11.1 Å². The summed E-state index contributed by atoms with van der Waals surface area (Å²) in [7, 11) is 0. The Balaban J connectivity index is 2.10. The van der Waals surface area contributed by atoms with Crippen LogP contribution in [0.4, 0.5) is 5.69 Å². The molecule has 18 heavy (non-hydrogen) atoms. The molecule has 0 aromatic heterocycles. The molecule has 0 radical (unpaired) electrons. The zero-order valence-electron chi connectivity index (χ0n) is 9.52. The minimum Gasteiger partial charge on any atom is -0.318 e. The van der Waals surface area contributed by atoms with E-state index in [1.54, 1.807) is 0 Å². The Morgan fingerprint density at radius 3 is 2.56 bits per heavy atom.